The lowest BCUT2D eigenvalue weighted by atomic mass is 10.4. The van der Waals surface area contributed by atoms with Gasteiger partial charge < -0.3 is 43.7 Å². The van der Waals surface area contributed by atoms with Crippen LogP contribution in [0.15, 0.2) is 0 Å². The fraction of sp³-hybridized carbons (Fsp3) is 1.00. The third-order valence-electron chi connectivity index (χ3n) is 3.19. The minimum Gasteiger partial charge on any atom is -0.396 e. The molecule has 0 spiro atoms. The van der Waals surface area contributed by atoms with E-state index in [0.717, 1.165) is 39.1 Å². The quantitative estimate of drug-likeness (QED) is 0.253. The fourth-order valence-electron chi connectivity index (χ4n) is 1.77. The lowest BCUT2D eigenvalue weighted by Crippen LogP contribution is -2.15. The highest BCUT2D eigenvalue weighted by molar-refractivity contribution is 4.45. The lowest BCUT2D eigenvalue weighted by Gasteiger charge is -2.10. The van der Waals surface area contributed by atoms with E-state index in [0.29, 0.717) is 39.5 Å². The molecule has 186 valence electrons. The van der Waals surface area contributed by atoms with Crippen molar-refractivity contribution in [2.24, 2.45) is 0 Å². The molecule has 3 N–H and O–H groups in total. The standard InChI is InChI=1S/3C7H16O3/c1-7(8)6-10-5-3-4-9-2;1-7(6-9-2)10-5-3-4-8;1-9-5-3-7-10-6-2-4-8/h2*7-8H,3-6H2,1-2H3;8H,2-7H2,1H3. The van der Waals surface area contributed by atoms with Crippen LogP contribution in [0.25, 0.3) is 0 Å². The van der Waals surface area contributed by atoms with Crippen LogP contribution < -0.4 is 0 Å². The van der Waals surface area contributed by atoms with Crippen LogP contribution in [0.5, 0.6) is 0 Å². The van der Waals surface area contributed by atoms with Crippen LogP contribution in [-0.4, -0.2) is 115 Å². The molecule has 0 aliphatic carbocycles. The Labute approximate surface area is 183 Å². The normalized spacial score (nSPS) is 12.4. The molecule has 0 bridgehead atoms. The molecule has 0 fully saturated rings. The van der Waals surface area contributed by atoms with Gasteiger partial charge in [0, 0.05) is 74.2 Å². The number of aliphatic hydroxyl groups excluding tert-OH is 3. The molecule has 0 rings (SSSR count). The number of hydrogen-bond acceptors (Lipinski definition) is 9. The Kier molecular flexibility index (Phi) is 38.0. The SMILES string of the molecule is COCC(C)OCCCO.COCCCOCC(C)O.COCCCOCCCO. The van der Waals surface area contributed by atoms with Gasteiger partial charge in [-0.25, -0.2) is 0 Å². The Morgan fingerprint density at radius 2 is 1.10 bits per heavy atom. The zero-order chi connectivity index (χ0) is 23.3. The number of ether oxygens (including phenoxy) is 6. The summed E-state index contributed by atoms with van der Waals surface area (Å²) in [4.78, 5) is 0. The van der Waals surface area contributed by atoms with Crippen molar-refractivity contribution in [3.05, 3.63) is 0 Å². The van der Waals surface area contributed by atoms with Gasteiger partial charge >= 0.3 is 0 Å². The third-order valence-corrected chi connectivity index (χ3v) is 3.19. The molecular formula is C21H48O9. The van der Waals surface area contributed by atoms with Gasteiger partial charge in [-0.2, -0.15) is 0 Å². The molecule has 0 aromatic rings. The van der Waals surface area contributed by atoms with Crippen molar-refractivity contribution in [2.45, 2.75) is 51.7 Å². The summed E-state index contributed by atoms with van der Waals surface area (Å²) >= 11 is 0. The van der Waals surface area contributed by atoms with Gasteiger partial charge in [0.25, 0.3) is 0 Å². The third kappa shape index (κ3) is 41.9. The first kappa shape index (κ1) is 34.3. The topological polar surface area (TPSA) is 116 Å². The minimum atomic E-state index is -0.359. The predicted octanol–water partition coefficient (Wildman–Crippen LogP) is 1.26. The second-order valence-electron chi connectivity index (χ2n) is 6.52. The van der Waals surface area contributed by atoms with E-state index >= 15 is 0 Å². The average Bonchev–Trinajstić information content (AvgIpc) is 2.72. The van der Waals surface area contributed by atoms with Crippen molar-refractivity contribution in [3.8, 4) is 0 Å². The summed E-state index contributed by atoms with van der Waals surface area (Å²) in [6.45, 7) is 9.23. The first-order valence-corrected chi connectivity index (χ1v) is 10.6. The lowest BCUT2D eigenvalue weighted by molar-refractivity contribution is 0.00422. The number of hydrogen-bond donors (Lipinski definition) is 3. The molecule has 9 nitrogen and oxygen atoms in total. The Bertz CT molecular complexity index is 261. The van der Waals surface area contributed by atoms with Gasteiger partial charge in [-0.1, -0.05) is 0 Å². The zero-order valence-corrected chi connectivity index (χ0v) is 19.8. The van der Waals surface area contributed by atoms with E-state index in [1.165, 1.54) is 0 Å². The molecule has 2 atom stereocenters. The van der Waals surface area contributed by atoms with Crippen molar-refractivity contribution in [1.29, 1.82) is 0 Å². The van der Waals surface area contributed by atoms with E-state index < -0.39 is 0 Å². The van der Waals surface area contributed by atoms with Crippen LogP contribution in [0, 0.1) is 0 Å². The summed E-state index contributed by atoms with van der Waals surface area (Å²) in [5, 5.41) is 25.5. The Balaban J connectivity index is -0.000000364. The van der Waals surface area contributed by atoms with Gasteiger partial charge in [0.05, 0.1) is 25.4 Å². The Morgan fingerprint density at radius 1 is 0.600 bits per heavy atom. The fourth-order valence-corrected chi connectivity index (χ4v) is 1.77. The maximum absolute atomic E-state index is 8.75. The van der Waals surface area contributed by atoms with Gasteiger partial charge in [0.15, 0.2) is 0 Å². The second-order valence-corrected chi connectivity index (χ2v) is 6.52. The molecule has 2 unspecified atom stereocenters. The molecule has 0 aliphatic heterocycles. The van der Waals surface area contributed by atoms with Crippen LogP contribution in [0.2, 0.25) is 0 Å². The van der Waals surface area contributed by atoms with Crippen molar-refractivity contribution in [2.75, 3.05) is 87.4 Å². The first-order chi connectivity index (χ1) is 14.5. The van der Waals surface area contributed by atoms with Crippen LogP contribution in [0.3, 0.4) is 0 Å². The van der Waals surface area contributed by atoms with Gasteiger partial charge in [0.2, 0.25) is 0 Å². The molecule has 0 saturated carbocycles. The van der Waals surface area contributed by atoms with E-state index in [4.69, 9.17) is 43.7 Å². The molecular weight excluding hydrogens is 396 g/mol. The molecule has 30 heavy (non-hydrogen) atoms. The molecule has 0 aromatic heterocycles. The summed E-state index contributed by atoms with van der Waals surface area (Å²) in [6.07, 6.45) is 3.03. The van der Waals surface area contributed by atoms with E-state index in [9.17, 15) is 0 Å². The second kappa shape index (κ2) is 33.3. The molecule has 0 aromatic carbocycles. The highest BCUT2D eigenvalue weighted by Gasteiger charge is 1.98. The Hall–Kier alpha value is -0.360. The zero-order valence-electron chi connectivity index (χ0n) is 19.8. The van der Waals surface area contributed by atoms with Crippen LogP contribution in [0.1, 0.15) is 39.5 Å². The first-order valence-electron chi connectivity index (χ1n) is 10.6. The van der Waals surface area contributed by atoms with Crippen molar-refractivity contribution in [1.82, 2.24) is 0 Å². The monoisotopic (exact) mass is 444 g/mol. The average molecular weight is 445 g/mol. The van der Waals surface area contributed by atoms with E-state index in [2.05, 4.69) is 0 Å². The Morgan fingerprint density at radius 3 is 1.57 bits per heavy atom. The number of rotatable bonds is 19. The van der Waals surface area contributed by atoms with Gasteiger partial charge in [-0.05, 0) is 39.5 Å². The van der Waals surface area contributed by atoms with E-state index in [1.54, 1.807) is 28.3 Å². The van der Waals surface area contributed by atoms with Gasteiger partial charge in [0.1, 0.15) is 0 Å². The van der Waals surface area contributed by atoms with Crippen molar-refractivity contribution < 1.29 is 43.7 Å². The predicted molar refractivity (Wildman–Crippen MR) is 117 cm³/mol. The summed E-state index contributed by atoms with van der Waals surface area (Å²) in [5.41, 5.74) is 0. The number of methoxy groups -OCH3 is 3. The highest BCUT2D eigenvalue weighted by atomic mass is 16.5. The molecule has 0 amide bonds. The van der Waals surface area contributed by atoms with Crippen LogP contribution in [-0.2, 0) is 28.4 Å². The van der Waals surface area contributed by atoms with Crippen LogP contribution in [0.4, 0.5) is 0 Å². The summed E-state index contributed by atoms with van der Waals surface area (Å²) in [5.74, 6) is 0. The van der Waals surface area contributed by atoms with Crippen molar-refractivity contribution >= 4 is 0 Å². The van der Waals surface area contributed by atoms with E-state index in [-0.39, 0.29) is 25.4 Å². The summed E-state index contributed by atoms with van der Waals surface area (Å²) in [7, 11) is 4.98. The maximum Gasteiger partial charge on any atom is 0.0780 e. The minimum absolute atomic E-state index is 0.136. The smallest absolute Gasteiger partial charge is 0.0780 e. The maximum atomic E-state index is 8.75. The largest absolute Gasteiger partial charge is 0.396 e. The molecule has 0 saturated heterocycles. The summed E-state index contributed by atoms with van der Waals surface area (Å²) < 4.78 is 29.9. The molecule has 0 radical (unpaired) electrons. The number of aliphatic hydroxyl groups is 3. The van der Waals surface area contributed by atoms with Gasteiger partial charge in [-0.3, -0.25) is 0 Å². The molecule has 0 heterocycles. The van der Waals surface area contributed by atoms with Gasteiger partial charge in [-0.15, -0.1) is 0 Å². The van der Waals surface area contributed by atoms with E-state index in [1.807, 2.05) is 6.92 Å². The highest BCUT2D eigenvalue weighted by Crippen LogP contribution is 1.91. The molecule has 9 heteroatoms. The van der Waals surface area contributed by atoms with Crippen LogP contribution >= 0.6 is 0 Å². The molecule has 0 aliphatic rings. The summed E-state index contributed by atoms with van der Waals surface area (Å²) in [6, 6.07) is 0. The van der Waals surface area contributed by atoms with Crippen molar-refractivity contribution in [3.63, 3.8) is 0 Å².